The summed E-state index contributed by atoms with van der Waals surface area (Å²) in [5.74, 6) is -0.464. The van der Waals surface area contributed by atoms with Crippen molar-refractivity contribution in [3.8, 4) is 5.75 Å². The molecule has 0 saturated carbocycles. The second-order valence-electron chi connectivity index (χ2n) is 5.34. The number of hydrogen-bond donors (Lipinski definition) is 1. The Balaban J connectivity index is 0.00000288. The molecule has 9 heteroatoms. The number of ether oxygens (including phenoxy) is 2. The van der Waals surface area contributed by atoms with Crippen molar-refractivity contribution in [2.45, 2.75) is 25.4 Å². The summed E-state index contributed by atoms with van der Waals surface area (Å²) >= 11 is 0. The topological polar surface area (TPSA) is 50.8 Å². The number of amides is 1. The van der Waals surface area contributed by atoms with Crippen molar-refractivity contribution >= 4 is 18.3 Å². The molecule has 1 unspecified atom stereocenters. The monoisotopic (exact) mass is 368 g/mol. The van der Waals surface area contributed by atoms with Gasteiger partial charge in [0.1, 0.15) is 5.75 Å². The van der Waals surface area contributed by atoms with Crippen LogP contribution in [0.5, 0.6) is 5.75 Å². The normalized spacial score (nSPS) is 17.8. The highest BCUT2D eigenvalue weighted by Gasteiger charge is 2.32. The second kappa shape index (κ2) is 9.10. The van der Waals surface area contributed by atoms with Crippen molar-refractivity contribution in [1.82, 2.24) is 10.2 Å². The number of para-hydroxylation sites is 1. The molecule has 1 saturated heterocycles. The number of alkyl halides is 3. The Kier molecular flexibility index (Phi) is 7.78. The van der Waals surface area contributed by atoms with Crippen molar-refractivity contribution in [2.75, 3.05) is 26.8 Å². The van der Waals surface area contributed by atoms with Gasteiger partial charge in [0.2, 0.25) is 5.91 Å². The molecule has 1 atom stereocenters. The predicted molar refractivity (Wildman–Crippen MR) is 84.1 cm³/mol. The van der Waals surface area contributed by atoms with Crippen LogP contribution in [0, 0.1) is 0 Å². The van der Waals surface area contributed by atoms with Gasteiger partial charge in [0.15, 0.2) is 0 Å². The Morgan fingerprint density at radius 1 is 1.42 bits per heavy atom. The van der Waals surface area contributed by atoms with Gasteiger partial charge in [-0.3, -0.25) is 4.79 Å². The first-order valence-corrected chi connectivity index (χ1v) is 7.24. The highest BCUT2D eigenvalue weighted by atomic mass is 35.5. The number of hydrogen-bond acceptors (Lipinski definition) is 4. The third kappa shape index (κ3) is 6.54. The molecule has 0 bridgehead atoms. The fourth-order valence-electron chi connectivity index (χ4n) is 2.32. The summed E-state index contributed by atoms with van der Waals surface area (Å²) in [6.45, 7) is 1.79. The van der Waals surface area contributed by atoms with Crippen LogP contribution in [0.3, 0.4) is 0 Å². The first kappa shape index (κ1) is 20.5. The smallest absolute Gasteiger partial charge is 0.405 e. The summed E-state index contributed by atoms with van der Waals surface area (Å²) in [6.07, 6.45) is -4.53. The van der Waals surface area contributed by atoms with Crippen LogP contribution in [-0.2, 0) is 16.1 Å². The van der Waals surface area contributed by atoms with Gasteiger partial charge in [0, 0.05) is 38.2 Å². The van der Waals surface area contributed by atoms with Gasteiger partial charge in [0.05, 0.1) is 13.2 Å². The largest absolute Gasteiger partial charge is 0.573 e. The minimum atomic E-state index is -4.76. The van der Waals surface area contributed by atoms with Crippen molar-refractivity contribution < 1.29 is 27.4 Å². The van der Waals surface area contributed by atoms with Crippen molar-refractivity contribution in [3.05, 3.63) is 29.8 Å². The molecule has 1 heterocycles. The summed E-state index contributed by atoms with van der Waals surface area (Å²) in [5, 5.41) is 3.17. The molecule has 5 nitrogen and oxygen atoms in total. The number of halogens is 4. The molecule has 1 aromatic carbocycles. The molecule has 1 fully saturated rings. The van der Waals surface area contributed by atoms with E-state index in [1.54, 1.807) is 13.1 Å². The third-order valence-electron chi connectivity index (χ3n) is 3.45. The molecule has 24 heavy (non-hydrogen) atoms. The third-order valence-corrected chi connectivity index (χ3v) is 3.45. The maximum Gasteiger partial charge on any atom is 0.573 e. The zero-order valence-electron chi connectivity index (χ0n) is 13.1. The summed E-state index contributed by atoms with van der Waals surface area (Å²) in [6, 6.07) is 5.73. The molecule has 1 aliphatic rings. The van der Waals surface area contributed by atoms with E-state index in [0.29, 0.717) is 25.3 Å². The summed E-state index contributed by atoms with van der Waals surface area (Å²) < 4.78 is 46.5. The van der Waals surface area contributed by atoms with Gasteiger partial charge < -0.3 is 19.7 Å². The van der Waals surface area contributed by atoms with Crippen LogP contribution in [0.4, 0.5) is 13.2 Å². The molecule has 136 valence electrons. The Hall–Kier alpha value is -1.51. The van der Waals surface area contributed by atoms with Crippen LogP contribution in [0.25, 0.3) is 0 Å². The summed E-state index contributed by atoms with van der Waals surface area (Å²) in [7, 11) is 1.55. The zero-order chi connectivity index (χ0) is 16.9. The number of morpholine rings is 1. The molecule has 0 aliphatic carbocycles. The van der Waals surface area contributed by atoms with Crippen LogP contribution < -0.4 is 10.1 Å². The Morgan fingerprint density at radius 3 is 2.75 bits per heavy atom. The molecular weight excluding hydrogens is 349 g/mol. The van der Waals surface area contributed by atoms with Gasteiger partial charge in [0.25, 0.3) is 0 Å². The van der Waals surface area contributed by atoms with Gasteiger partial charge in [-0.05, 0) is 6.07 Å². The summed E-state index contributed by atoms with van der Waals surface area (Å²) in [5.41, 5.74) is 0.300. The molecule has 0 spiro atoms. The van der Waals surface area contributed by atoms with Gasteiger partial charge in [-0.25, -0.2) is 0 Å². The first-order chi connectivity index (χ1) is 10.8. The Morgan fingerprint density at radius 2 is 2.12 bits per heavy atom. The maximum atomic E-state index is 12.4. The molecular formula is C15H20ClF3N2O3. The molecule has 0 radical (unpaired) electrons. The Bertz CT molecular complexity index is 537. The molecule has 2 rings (SSSR count). The number of carbonyl (C=O) groups is 1. The highest BCUT2D eigenvalue weighted by Crippen LogP contribution is 2.27. The van der Waals surface area contributed by atoms with Crippen LogP contribution >= 0.6 is 12.4 Å². The lowest BCUT2D eigenvalue weighted by Gasteiger charge is -2.26. The van der Waals surface area contributed by atoms with E-state index in [9.17, 15) is 18.0 Å². The van der Waals surface area contributed by atoms with Crippen LogP contribution in [0.15, 0.2) is 24.3 Å². The fourth-order valence-corrected chi connectivity index (χ4v) is 2.32. The van der Waals surface area contributed by atoms with E-state index < -0.39 is 6.36 Å². The van der Waals surface area contributed by atoms with E-state index in [-0.39, 0.29) is 43.1 Å². The fraction of sp³-hybridized carbons (Fsp3) is 0.533. The van der Waals surface area contributed by atoms with Gasteiger partial charge >= 0.3 is 6.36 Å². The van der Waals surface area contributed by atoms with E-state index in [1.165, 1.54) is 23.1 Å². The number of benzene rings is 1. The van der Waals surface area contributed by atoms with Crippen LogP contribution in [-0.4, -0.2) is 50.0 Å². The first-order valence-electron chi connectivity index (χ1n) is 7.24. The van der Waals surface area contributed by atoms with E-state index >= 15 is 0 Å². The molecule has 1 aliphatic heterocycles. The van der Waals surface area contributed by atoms with Crippen molar-refractivity contribution in [2.24, 2.45) is 0 Å². The lowest BCUT2D eigenvalue weighted by atomic mass is 10.1. The molecule has 1 aromatic rings. The average Bonchev–Trinajstić information content (AvgIpc) is 2.48. The lowest BCUT2D eigenvalue weighted by molar-refractivity contribution is -0.275. The predicted octanol–water partition coefficient (Wildman–Crippen LogP) is 2.34. The summed E-state index contributed by atoms with van der Waals surface area (Å²) in [4.78, 5) is 13.6. The number of nitrogens with one attached hydrogen (secondary N) is 1. The van der Waals surface area contributed by atoms with Crippen LogP contribution in [0.2, 0.25) is 0 Å². The lowest BCUT2D eigenvalue weighted by Crippen LogP contribution is -2.44. The minimum Gasteiger partial charge on any atom is -0.405 e. The van der Waals surface area contributed by atoms with Gasteiger partial charge in [-0.2, -0.15) is 0 Å². The standard InChI is InChI=1S/C15H19F3N2O3.ClH/c1-20(14(21)8-12-10-22-7-6-19-12)9-11-4-2-3-5-13(11)23-15(16,17)18;/h2-5,12,19H,6-10H2,1H3;1H. The highest BCUT2D eigenvalue weighted by molar-refractivity contribution is 5.85. The maximum absolute atomic E-state index is 12.4. The van der Waals surface area contributed by atoms with E-state index in [0.717, 1.165) is 0 Å². The molecule has 1 N–H and O–H groups in total. The van der Waals surface area contributed by atoms with Crippen LogP contribution in [0.1, 0.15) is 12.0 Å². The number of rotatable bonds is 5. The van der Waals surface area contributed by atoms with Gasteiger partial charge in [-0.1, -0.05) is 18.2 Å². The van der Waals surface area contributed by atoms with E-state index in [2.05, 4.69) is 10.1 Å². The molecule has 1 amide bonds. The van der Waals surface area contributed by atoms with E-state index in [4.69, 9.17) is 4.74 Å². The van der Waals surface area contributed by atoms with Crippen molar-refractivity contribution in [3.63, 3.8) is 0 Å². The minimum absolute atomic E-state index is 0. The number of nitrogens with zero attached hydrogens (tertiary/aromatic N) is 1. The SMILES string of the molecule is CN(Cc1ccccc1OC(F)(F)F)C(=O)CC1COCCN1.Cl. The quantitative estimate of drug-likeness (QED) is 0.866. The Labute approximate surface area is 144 Å². The number of carbonyl (C=O) groups excluding carboxylic acids is 1. The van der Waals surface area contributed by atoms with Gasteiger partial charge in [-0.15, -0.1) is 25.6 Å². The second-order valence-corrected chi connectivity index (χ2v) is 5.34. The van der Waals surface area contributed by atoms with E-state index in [1.807, 2.05) is 0 Å². The zero-order valence-corrected chi connectivity index (χ0v) is 14.0. The van der Waals surface area contributed by atoms with Crippen molar-refractivity contribution in [1.29, 1.82) is 0 Å². The molecule has 0 aromatic heterocycles. The average molecular weight is 369 g/mol.